The van der Waals surface area contributed by atoms with E-state index in [1.165, 1.54) is 0 Å². The van der Waals surface area contributed by atoms with Crippen molar-refractivity contribution in [2.45, 2.75) is 6.92 Å². The van der Waals surface area contributed by atoms with Crippen LogP contribution in [0.15, 0.2) is 72.8 Å². The average molecular weight is 303 g/mol. The molecule has 0 bridgehead atoms. The molecule has 0 aromatic heterocycles. The number of nitrogens with one attached hydrogen (secondary N) is 1. The summed E-state index contributed by atoms with van der Waals surface area (Å²) in [7, 11) is 0. The standard InChI is InChI=1S/C20H17NO2/c1-14-10-11-17(16-8-5-9-18(22)12-16)13-19(14)21-20(23)15-6-3-2-4-7-15/h2-13,22H,1H3,(H,21,23). The molecule has 114 valence electrons. The molecule has 0 unspecified atom stereocenters. The molecule has 3 heteroatoms. The second kappa shape index (κ2) is 6.36. The third-order valence-electron chi connectivity index (χ3n) is 3.70. The maximum absolute atomic E-state index is 12.3. The van der Waals surface area contributed by atoms with Gasteiger partial charge < -0.3 is 10.4 Å². The highest BCUT2D eigenvalue weighted by Gasteiger charge is 2.09. The van der Waals surface area contributed by atoms with Crippen LogP contribution in [0.25, 0.3) is 11.1 Å². The lowest BCUT2D eigenvalue weighted by molar-refractivity contribution is 0.102. The molecule has 0 atom stereocenters. The fourth-order valence-electron chi connectivity index (χ4n) is 2.41. The van der Waals surface area contributed by atoms with Crippen LogP contribution in [0.2, 0.25) is 0 Å². The first-order valence-electron chi connectivity index (χ1n) is 7.40. The van der Waals surface area contributed by atoms with Gasteiger partial charge in [0.25, 0.3) is 5.91 Å². The predicted octanol–water partition coefficient (Wildman–Crippen LogP) is 4.62. The lowest BCUT2D eigenvalue weighted by Crippen LogP contribution is -2.12. The summed E-state index contributed by atoms with van der Waals surface area (Å²) in [6, 6.07) is 22.0. The van der Waals surface area contributed by atoms with Crippen LogP contribution in [0.1, 0.15) is 15.9 Å². The van der Waals surface area contributed by atoms with Gasteiger partial charge in [0, 0.05) is 11.3 Å². The van der Waals surface area contributed by atoms with E-state index >= 15 is 0 Å². The van der Waals surface area contributed by atoms with Crippen molar-refractivity contribution in [3.63, 3.8) is 0 Å². The van der Waals surface area contributed by atoms with Crippen molar-refractivity contribution in [2.24, 2.45) is 0 Å². The number of carbonyl (C=O) groups is 1. The Bertz CT molecular complexity index is 841. The Kier molecular flexibility index (Phi) is 4.11. The van der Waals surface area contributed by atoms with Gasteiger partial charge in [0.15, 0.2) is 0 Å². The molecule has 0 spiro atoms. The van der Waals surface area contributed by atoms with Crippen LogP contribution in [-0.2, 0) is 0 Å². The van der Waals surface area contributed by atoms with Crippen molar-refractivity contribution in [3.05, 3.63) is 83.9 Å². The van der Waals surface area contributed by atoms with Crippen LogP contribution in [0, 0.1) is 6.92 Å². The maximum atomic E-state index is 12.3. The summed E-state index contributed by atoms with van der Waals surface area (Å²) in [6.07, 6.45) is 0. The number of aryl methyl sites for hydroxylation is 1. The first kappa shape index (κ1) is 14.9. The zero-order chi connectivity index (χ0) is 16.2. The van der Waals surface area contributed by atoms with Crippen LogP contribution in [0.4, 0.5) is 5.69 Å². The van der Waals surface area contributed by atoms with E-state index in [1.807, 2.05) is 49.4 Å². The first-order chi connectivity index (χ1) is 11.1. The van der Waals surface area contributed by atoms with Crippen LogP contribution in [0.5, 0.6) is 5.75 Å². The number of hydrogen-bond donors (Lipinski definition) is 2. The number of hydrogen-bond acceptors (Lipinski definition) is 2. The molecule has 3 aromatic carbocycles. The van der Waals surface area contributed by atoms with E-state index in [0.29, 0.717) is 5.56 Å². The van der Waals surface area contributed by atoms with E-state index in [0.717, 1.165) is 22.4 Å². The molecule has 1 amide bonds. The number of phenolic OH excluding ortho intramolecular Hbond substituents is 1. The second-order valence-corrected chi connectivity index (χ2v) is 5.40. The van der Waals surface area contributed by atoms with E-state index in [9.17, 15) is 9.90 Å². The van der Waals surface area contributed by atoms with Gasteiger partial charge >= 0.3 is 0 Å². The number of anilines is 1. The van der Waals surface area contributed by atoms with Crippen molar-refractivity contribution < 1.29 is 9.90 Å². The van der Waals surface area contributed by atoms with Crippen LogP contribution < -0.4 is 5.32 Å². The van der Waals surface area contributed by atoms with Gasteiger partial charge in [0.1, 0.15) is 5.75 Å². The van der Waals surface area contributed by atoms with Gasteiger partial charge in [0.05, 0.1) is 0 Å². The molecule has 23 heavy (non-hydrogen) atoms. The largest absolute Gasteiger partial charge is 0.508 e. The van der Waals surface area contributed by atoms with Crippen molar-refractivity contribution in [2.75, 3.05) is 5.32 Å². The Balaban J connectivity index is 1.91. The highest BCUT2D eigenvalue weighted by Crippen LogP contribution is 2.27. The minimum atomic E-state index is -0.137. The smallest absolute Gasteiger partial charge is 0.255 e. The van der Waals surface area contributed by atoms with E-state index in [-0.39, 0.29) is 11.7 Å². The van der Waals surface area contributed by atoms with Crippen molar-refractivity contribution >= 4 is 11.6 Å². The normalized spacial score (nSPS) is 10.3. The Morgan fingerprint density at radius 3 is 2.35 bits per heavy atom. The van der Waals surface area contributed by atoms with Gasteiger partial charge in [0.2, 0.25) is 0 Å². The van der Waals surface area contributed by atoms with Crippen molar-refractivity contribution in [1.29, 1.82) is 0 Å². The zero-order valence-corrected chi connectivity index (χ0v) is 12.8. The van der Waals surface area contributed by atoms with E-state index in [4.69, 9.17) is 0 Å². The Morgan fingerprint density at radius 2 is 1.61 bits per heavy atom. The van der Waals surface area contributed by atoms with E-state index in [1.54, 1.807) is 30.3 Å². The molecule has 2 N–H and O–H groups in total. The molecule has 0 aliphatic heterocycles. The molecular weight excluding hydrogens is 286 g/mol. The van der Waals surface area contributed by atoms with Gasteiger partial charge in [-0.05, 0) is 53.9 Å². The van der Waals surface area contributed by atoms with Crippen molar-refractivity contribution in [1.82, 2.24) is 0 Å². The molecular formula is C20H17NO2. The van der Waals surface area contributed by atoms with Gasteiger partial charge in [-0.2, -0.15) is 0 Å². The molecule has 0 fully saturated rings. The van der Waals surface area contributed by atoms with Gasteiger partial charge in [-0.1, -0.05) is 42.5 Å². The fraction of sp³-hybridized carbons (Fsp3) is 0.0500. The average Bonchev–Trinajstić information content (AvgIpc) is 2.57. The SMILES string of the molecule is Cc1ccc(-c2cccc(O)c2)cc1NC(=O)c1ccccc1. The zero-order valence-electron chi connectivity index (χ0n) is 12.8. The molecule has 3 rings (SSSR count). The summed E-state index contributed by atoms with van der Waals surface area (Å²) in [6.45, 7) is 1.95. The minimum Gasteiger partial charge on any atom is -0.508 e. The predicted molar refractivity (Wildman–Crippen MR) is 92.7 cm³/mol. The Hall–Kier alpha value is -3.07. The Labute approximate surface area is 135 Å². The molecule has 0 aliphatic carbocycles. The van der Waals surface area contributed by atoms with Gasteiger partial charge in [-0.15, -0.1) is 0 Å². The summed E-state index contributed by atoms with van der Waals surface area (Å²) in [5.41, 5.74) is 4.21. The molecule has 3 nitrogen and oxygen atoms in total. The number of carbonyl (C=O) groups excluding carboxylic acids is 1. The lowest BCUT2D eigenvalue weighted by Gasteiger charge is -2.11. The highest BCUT2D eigenvalue weighted by atomic mass is 16.3. The third-order valence-corrected chi connectivity index (χ3v) is 3.70. The highest BCUT2D eigenvalue weighted by molar-refractivity contribution is 6.04. The third kappa shape index (κ3) is 3.40. The molecule has 0 saturated heterocycles. The Morgan fingerprint density at radius 1 is 0.870 bits per heavy atom. The summed E-state index contributed by atoms with van der Waals surface area (Å²) in [5, 5.41) is 12.6. The fourth-order valence-corrected chi connectivity index (χ4v) is 2.41. The number of amides is 1. The minimum absolute atomic E-state index is 0.137. The summed E-state index contributed by atoms with van der Waals surface area (Å²) < 4.78 is 0. The summed E-state index contributed by atoms with van der Waals surface area (Å²) in [5.74, 6) is 0.0831. The summed E-state index contributed by atoms with van der Waals surface area (Å²) in [4.78, 5) is 12.3. The van der Waals surface area contributed by atoms with Gasteiger partial charge in [-0.25, -0.2) is 0 Å². The number of phenols is 1. The molecule has 0 heterocycles. The van der Waals surface area contributed by atoms with Crippen LogP contribution in [-0.4, -0.2) is 11.0 Å². The molecule has 0 aliphatic rings. The topological polar surface area (TPSA) is 49.3 Å². The number of rotatable bonds is 3. The molecule has 0 radical (unpaired) electrons. The van der Waals surface area contributed by atoms with Crippen LogP contribution in [0.3, 0.4) is 0 Å². The van der Waals surface area contributed by atoms with E-state index < -0.39 is 0 Å². The quantitative estimate of drug-likeness (QED) is 0.741. The monoisotopic (exact) mass is 303 g/mol. The van der Waals surface area contributed by atoms with E-state index in [2.05, 4.69) is 5.32 Å². The van der Waals surface area contributed by atoms with Crippen molar-refractivity contribution in [3.8, 4) is 16.9 Å². The number of aromatic hydroxyl groups is 1. The van der Waals surface area contributed by atoms with Crippen LogP contribution >= 0.6 is 0 Å². The van der Waals surface area contributed by atoms with Gasteiger partial charge in [-0.3, -0.25) is 4.79 Å². The second-order valence-electron chi connectivity index (χ2n) is 5.40. The first-order valence-corrected chi connectivity index (χ1v) is 7.40. The number of benzene rings is 3. The lowest BCUT2D eigenvalue weighted by atomic mass is 10.0. The summed E-state index contributed by atoms with van der Waals surface area (Å²) >= 11 is 0. The molecule has 0 saturated carbocycles. The molecule has 3 aromatic rings. The maximum Gasteiger partial charge on any atom is 0.255 e.